The van der Waals surface area contributed by atoms with E-state index in [2.05, 4.69) is 12.1 Å². The normalized spacial score (nSPS) is 19.4. The molecule has 136 valence electrons. The van der Waals surface area contributed by atoms with Gasteiger partial charge in [0, 0.05) is 5.75 Å². The molecule has 3 atom stereocenters. The molecular weight excluding hydrogens is 362 g/mol. The highest BCUT2D eigenvalue weighted by Gasteiger charge is 2.39. The molecule has 1 fully saturated rings. The number of amides is 1. The third kappa shape index (κ3) is 4.17. The highest BCUT2D eigenvalue weighted by molar-refractivity contribution is 8.23. The Balaban J connectivity index is 1.79. The van der Waals surface area contributed by atoms with E-state index in [1.54, 1.807) is 16.7 Å². The lowest BCUT2D eigenvalue weighted by molar-refractivity contribution is -0.136. The third-order valence-corrected chi connectivity index (χ3v) is 6.34. The zero-order valence-electron chi connectivity index (χ0n) is 14.7. The number of rotatable bonds is 6. The number of aliphatic hydroxyl groups is 1. The topological polar surface area (TPSA) is 40.5 Å². The quantitative estimate of drug-likeness (QED) is 0.756. The fourth-order valence-corrected chi connectivity index (χ4v) is 4.78. The number of nitrogens with zero attached hydrogens (tertiary/aromatic N) is 1. The van der Waals surface area contributed by atoms with Crippen molar-refractivity contribution < 1.29 is 9.90 Å². The van der Waals surface area contributed by atoms with E-state index in [9.17, 15) is 9.90 Å². The average Bonchev–Trinajstić information content (AvgIpc) is 3.03. The number of benzene rings is 2. The first-order chi connectivity index (χ1) is 12.6. The molecule has 1 amide bonds. The molecule has 1 aliphatic heterocycles. The summed E-state index contributed by atoms with van der Waals surface area (Å²) in [5.41, 5.74) is 1.96. The molecule has 0 radical (unpaired) electrons. The first-order valence-corrected chi connectivity index (χ1v) is 10.3. The van der Waals surface area contributed by atoms with Gasteiger partial charge < -0.3 is 5.11 Å². The van der Waals surface area contributed by atoms with Gasteiger partial charge in [-0.15, -0.1) is 0 Å². The van der Waals surface area contributed by atoms with Gasteiger partial charge in [-0.05, 0) is 24.0 Å². The molecule has 1 aliphatic rings. The molecule has 0 aliphatic carbocycles. The maximum absolute atomic E-state index is 13.3. The van der Waals surface area contributed by atoms with Gasteiger partial charge in [0.05, 0.1) is 18.1 Å². The maximum atomic E-state index is 13.3. The third-order valence-electron chi connectivity index (χ3n) is 4.79. The van der Waals surface area contributed by atoms with Crippen LogP contribution in [0.1, 0.15) is 30.6 Å². The van der Waals surface area contributed by atoms with E-state index >= 15 is 0 Å². The molecule has 0 aromatic heterocycles. The molecule has 3 nitrogen and oxygen atoms in total. The van der Waals surface area contributed by atoms with Crippen LogP contribution in [0.4, 0.5) is 0 Å². The number of hydrogen-bond donors (Lipinski definition) is 1. The van der Waals surface area contributed by atoms with Crippen molar-refractivity contribution >= 4 is 34.2 Å². The Morgan fingerprint density at radius 2 is 1.81 bits per heavy atom. The molecule has 3 rings (SSSR count). The molecular formula is C21H23NO2S2. The second-order valence-corrected chi connectivity index (χ2v) is 8.15. The molecule has 1 heterocycles. The molecule has 1 N–H and O–H groups in total. The minimum absolute atomic E-state index is 0.0411. The van der Waals surface area contributed by atoms with Gasteiger partial charge in [-0.1, -0.05) is 91.6 Å². The van der Waals surface area contributed by atoms with Crippen molar-refractivity contribution in [2.24, 2.45) is 5.92 Å². The smallest absolute Gasteiger partial charge is 0.234 e. The molecule has 1 saturated heterocycles. The Morgan fingerprint density at radius 3 is 2.42 bits per heavy atom. The summed E-state index contributed by atoms with van der Waals surface area (Å²) in [5, 5.41) is 10.8. The van der Waals surface area contributed by atoms with Gasteiger partial charge >= 0.3 is 0 Å². The van der Waals surface area contributed by atoms with Crippen LogP contribution < -0.4 is 0 Å². The first kappa shape index (κ1) is 19.1. The Morgan fingerprint density at radius 1 is 1.19 bits per heavy atom. The van der Waals surface area contributed by atoms with Gasteiger partial charge in [0.2, 0.25) is 5.91 Å². The summed E-state index contributed by atoms with van der Waals surface area (Å²) in [6.45, 7) is 1.94. The first-order valence-electron chi connectivity index (χ1n) is 8.88. The summed E-state index contributed by atoms with van der Waals surface area (Å²) < 4.78 is 0.620. The van der Waals surface area contributed by atoms with E-state index in [4.69, 9.17) is 12.2 Å². The van der Waals surface area contributed by atoms with Crippen LogP contribution in [0.2, 0.25) is 0 Å². The number of carbonyl (C=O) groups is 1. The van der Waals surface area contributed by atoms with Crippen LogP contribution in [0, 0.1) is 5.92 Å². The van der Waals surface area contributed by atoms with Gasteiger partial charge in [-0.25, -0.2) is 0 Å². The summed E-state index contributed by atoms with van der Waals surface area (Å²) >= 11 is 7.02. The van der Waals surface area contributed by atoms with Gasteiger partial charge in [0.1, 0.15) is 4.32 Å². The van der Waals surface area contributed by atoms with E-state index in [1.807, 2.05) is 55.5 Å². The van der Waals surface area contributed by atoms with Gasteiger partial charge in [-0.3, -0.25) is 9.69 Å². The monoisotopic (exact) mass is 385 g/mol. The summed E-state index contributed by atoms with van der Waals surface area (Å²) in [4.78, 5) is 15.0. The zero-order chi connectivity index (χ0) is 18.5. The molecule has 0 unspecified atom stereocenters. The van der Waals surface area contributed by atoms with Crippen LogP contribution in [0.25, 0.3) is 0 Å². The highest BCUT2D eigenvalue weighted by atomic mass is 32.2. The summed E-state index contributed by atoms with van der Waals surface area (Å²) in [6.07, 6.45) is 0.522. The Hall–Kier alpha value is -1.69. The van der Waals surface area contributed by atoms with Crippen LogP contribution in [0.3, 0.4) is 0 Å². The molecule has 2 aromatic rings. The fourth-order valence-electron chi connectivity index (χ4n) is 3.36. The molecule has 0 bridgehead atoms. The number of thioether (sulfide) groups is 1. The van der Waals surface area contributed by atoms with E-state index < -0.39 is 12.0 Å². The zero-order valence-corrected chi connectivity index (χ0v) is 16.4. The van der Waals surface area contributed by atoms with Gasteiger partial charge in [-0.2, -0.15) is 0 Å². The Labute approximate surface area is 164 Å². The van der Waals surface area contributed by atoms with Crippen molar-refractivity contribution in [1.82, 2.24) is 4.90 Å². The van der Waals surface area contributed by atoms with Crippen LogP contribution in [-0.2, 0) is 11.2 Å². The second-order valence-electron chi connectivity index (χ2n) is 6.50. The van der Waals surface area contributed by atoms with Crippen LogP contribution >= 0.6 is 24.0 Å². The standard InChI is InChI=1S/C21H23NO2S2/c1-2-18(19(23)16-11-7-4-8-12-16)20(24)22-17(14-26-21(22)25)13-15-9-5-3-6-10-15/h3-12,17-19,23H,2,13-14H2,1H3/t17-,18+,19+/m0/s1. The van der Waals surface area contributed by atoms with Crippen molar-refractivity contribution in [3.05, 3.63) is 71.8 Å². The lowest BCUT2D eigenvalue weighted by Gasteiger charge is -2.30. The van der Waals surface area contributed by atoms with Crippen LogP contribution in [0.5, 0.6) is 0 Å². The minimum Gasteiger partial charge on any atom is -0.388 e. The van der Waals surface area contributed by atoms with Crippen LogP contribution in [0.15, 0.2) is 60.7 Å². The predicted molar refractivity (Wildman–Crippen MR) is 111 cm³/mol. The van der Waals surface area contributed by atoms with E-state index in [-0.39, 0.29) is 11.9 Å². The van der Waals surface area contributed by atoms with E-state index in [0.29, 0.717) is 10.7 Å². The lowest BCUT2D eigenvalue weighted by Crippen LogP contribution is -2.44. The average molecular weight is 386 g/mol. The van der Waals surface area contributed by atoms with E-state index in [0.717, 1.165) is 17.7 Å². The van der Waals surface area contributed by atoms with Gasteiger partial charge in [0.25, 0.3) is 0 Å². The molecule has 0 saturated carbocycles. The minimum atomic E-state index is -0.820. The summed E-state index contributed by atoms with van der Waals surface area (Å²) in [7, 11) is 0. The predicted octanol–water partition coefficient (Wildman–Crippen LogP) is 4.22. The molecule has 5 heteroatoms. The van der Waals surface area contributed by atoms with Crippen molar-refractivity contribution in [1.29, 1.82) is 0 Å². The molecule has 2 aromatic carbocycles. The van der Waals surface area contributed by atoms with Crippen molar-refractivity contribution in [2.75, 3.05) is 5.75 Å². The largest absolute Gasteiger partial charge is 0.388 e. The lowest BCUT2D eigenvalue weighted by atomic mass is 9.91. The molecule has 0 spiro atoms. The van der Waals surface area contributed by atoms with Crippen molar-refractivity contribution in [3.63, 3.8) is 0 Å². The summed E-state index contributed by atoms with van der Waals surface area (Å²) in [6, 6.07) is 19.6. The molecule has 26 heavy (non-hydrogen) atoms. The Kier molecular flexibility index (Phi) is 6.46. The maximum Gasteiger partial charge on any atom is 0.234 e. The summed E-state index contributed by atoms with van der Waals surface area (Å²) in [5.74, 6) is 0.240. The number of carbonyl (C=O) groups excluding carboxylic acids is 1. The van der Waals surface area contributed by atoms with Crippen LogP contribution in [-0.4, -0.2) is 32.0 Å². The van der Waals surface area contributed by atoms with Crippen molar-refractivity contribution in [2.45, 2.75) is 31.9 Å². The second kappa shape index (κ2) is 8.80. The fraction of sp³-hybridized carbons (Fsp3) is 0.333. The SMILES string of the molecule is CC[C@@H](C(=O)N1C(=S)SC[C@@H]1Cc1ccccc1)[C@H](O)c1ccccc1. The highest BCUT2D eigenvalue weighted by Crippen LogP contribution is 2.33. The number of aliphatic hydroxyl groups excluding tert-OH is 1. The van der Waals surface area contributed by atoms with E-state index in [1.165, 1.54) is 5.56 Å². The van der Waals surface area contributed by atoms with Crippen molar-refractivity contribution in [3.8, 4) is 0 Å². The number of hydrogen-bond acceptors (Lipinski definition) is 4. The van der Waals surface area contributed by atoms with Gasteiger partial charge in [0.15, 0.2) is 0 Å². The Bertz CT molecular complexity index is 751. The number of thiocarbonyl (C=S) groups is 1.